The Morgan fingerprint density at radius 2 is 1.33 bits per heavy atom. The summed E-state index contributed by atoms with van der Waals surface area (Å²) in [6, 6.07) is 21.5. The average Bonchev–Trinajstić information content (AvgIpc) is 2.74. The second-order valence-corrected chi connectivity index (χ2v) is 7.04. The standard InChI is InChI=1S/C25H29NO/c1-3-4-5-6-24-16-11-21(19-26-24)8-7-20-9-12-22(13-10-20)23-14-17-25(27-2)18-15-23/h9-19H,3-8H2,1-2H3. The minimum Gasteiger partial charge on any atom is -0.497 e. The Morgan fingerprint density at radius 3 is 1.93 bits per heavy atom. The molecule has 0 aliphatic rings. The first-order valence-corrected chi connectivity index (χ1v) is 9.95. The molecular formula is C25H29NO. The third-order valence-electron chi connectivity index (χ3n) is 5.00. The molecule has 0 atom stereocenters. The number of benzene rings is 2. The van der Waals surface area contributed by atoms with E-state index in [9.17, 15) is 0 Å². The second-order valence-electron chi connectivity index (χ2n) is 7.04. The summed E-state index contributed by atoms with van der Waals surface area (Å²) in [7, 11) is 1.69. The quantitative estimate of drug-likeness (QED) is 0.420. The number of ether oxygens (including phenoxy) is 1. The molecule has 0 radical (unpaired) electrons. The van der Waals surface area contributed by atoms with Gasteiger partial charge >= 0.3 is 0 Å². The van der Waals surface area contributed by atoms with E-state index in [0.717, 1.165) is 25.0 Å². The zero-order valence-corrected chi connectivity index (χ0v) is 16.4. The lowest BCUT2D eigenvalue weighted by Crippen LogP contribution is -1.95. The van der Waals surface area contributed by atoms with Crippen molar-refractivity contribution in [3.63, 3.8) is 0 Å². The molecule has 2 aromatic carbocycles. The van der Waals surface area contributed by atoms with Crippen molar-refractivity contribution in [3.05, 3.63) is 83.7 Å². The topological polar surface area (TPSA) is 22.1 Å². The van der Waals surface area contributed by atoms with Crippen LogP contribution in [0, 0.1) is 0 Å². The van der Waals surface area contributed by atoms with E-state index in [4.69, 9.17) is 4.74 Å². The lowest BCUT2D eigenvalue weighted by atomic mass is 10.0. The highest BCUT2D eigenvalue weighted by atomic mass is 16.5. The van der Waals surface area contributed by atoms with Crippen LogP contribution in [0.4, 0.5) is 0 Å². The Bertz CT molecular complexity index is 804. The van der Waals surface area contributed by atoms with Crippen LogP contribution < -0.4 is 4.74 Å². The summed E-state index contributed by atoms with van der Waals surface area (Å²) in [5.74, 6) is 0.889. The molecule has 0 bridgehead atoms. The molecule has 0 amide bonds. The van der Waals surface area contributed by atoms with E-state index in [1.54, 1.807) is 7.11 Å². The number of aromatic nitrogens is 1. The van der Waals surface area contributed by atoms with Gasteiger partial charge in [-0.1, -0.05) is 62.2 Å². The third-order valence-corrected chi connectivity index (χ3v) is 5.00. The van der Waals surface area contributed by atoms with Gasteiger partial charge in [0.25, 0.3) is 0 Å². The van der Waals surface area contributed by atoms with Gasteiger partial charge in [-0.2, -0.15) is 0 Å². The summed E-state index contributed by atoms with van der Waals surface area (Å²) in [6.07, 6.45) is 9.01. The maximum absolute atomic E-state index is 5.22. The third kappa shape index (κ3) is 5.68. The molecule has 1 aromatic heterocycles. The van der Waals surface area contributed by atoms with Crippen molar-refractivity contribution in [2.45, 2.75) is 45.4 Å². The van der Waals surface area contributed by atoms with Gasteiger partial charge in [0.2, 0.25) is 0 Å². The molecule has 140 valence electrons. The van der Waals surface area contributed by atoms with Gasteiger partial charge in [0.05, 0.1) is 7.11 Å². The van der Waals surface area contributed by atoms with Crippen LogP contribution in [0.25, 0.3) is 11.1 Å². The van der Waals surface area contributed by atoms with Gasteiger partial charge < -0.3 is 4.74 Å². The first-order valence-electron chi connectivity index (χ1n) is 9.95. The van der Waals surface area contributed by atoms with Crippen LogP contribution in [0.15, 0.2) is 66.9 Å². The zero-order valence-electron chi connectivity index (χ0n) is 16.4. The van der Waals surface area contributed by atoms with Crippen molar-refractivity contribution < 1.29 is 4.74 Å². The number of pyridine rings is 1. The fourth-order valence-electron chi connectivity index (χ4n) is 3.24. The largest absolute Gasteiger partial charge is 0.497 e. The van der Waals surface area contributed by atoms with Crippen LogP contribution in [-0.2, 0) is 19.3 Å². The minimum atomic E-state index is 0.889. The molecule has 3 aromatic rings. The van der Waals surface area contributed by atoms with Crippen LogP contribution in [0.5, 0.6) is 5.75 Å². The monoisotopic (exact) mass is 359 g/mol. The van der Waals surface area contributed by atoms with Crippen molar-refractivity contribution in [1.29, 1.82) is 0 Å². The molecule has 0 spiro atoms. The Morgan fingerprint density at radius 1 is 0.704 bits per heavy atom. The Labute approximate surface area is 163 Å². The summed E-state index contributed by atoms with van der Waals surface area (Å²) in [5, 5.41) is 0. The molecule has 0 saturated heterocycles. The minimum absolute atomic E-state index is 0.889. The fraction of sp³-hybridized carbons (Fsp3) is 0.320. The van der Waals surface area contributed by atoms with E-state index in [1.165, 1.54) is 47.2 Å². The van der Waals surface area contributed by atoms with Gasteiger partial charge in [0.15, 0.2) is 0 Å². The molecule has 2 nitrogen and oxygen atoms in total. The predicted octanol–water partition coefficient (Wildman–Crippen LogP) is 6.28. The highest BCUT2D eigenvalue weighted by molar-refractivity contribution is 5.64. The molecule has 2 heteroatoms. The van der Waals surface area contributed by atoms with Crippen LogP contribution in [0.2, 0.25) is 0 Å². The van der Waals surface area contributed by atoms with Crippen LogP contribution >= 0.6 is 0 Å². The summed E-state index contributed by atoms with van der Waals surface area (Å²) < 4.78 is 5.22. The SMILES string of the molecule is CCCCCc1ccc(CCc2ccc(-c3ccc(OC)cc3)cc2)cn1. The highest BCUT2D eigenvalue weighted by Crippen LogP contribution is 2.23. The van der Waals surface area contributed by atoms with Gasteiger partial charge in [-0.15, -0.1) is 0 Å². The van der Waals surface area contributed by atoms with Gasteiger partial charge in [-0.3, -0.25) is 4.98 Å². The maximum Gasteiger partial charge on any atom is 0.118 e. The normalized spacial score (nSPS) is 10.7. The van der Waals surface area contributed by atoms with Gasteiger partial charge in [0, 0.05) is 11.9 Å². The van der Waals surface area contributed by atoms with E-state index >= 15 is 0 Å². The molecule has 0 N–H and O–H groups in total. The summed E-state index contributed by atoms with van der Waals surface area (Å²) in [6.45, 7) is 2.24. The molecule has 0 aliphatic heterocycles. The number of unbranched alkanes of at least 4 members (excludes halogenated alkanes) is 2. The number of hydrogen-bond acceptors (Lipinski definition) is 2. The second kappa shape index (κ2) is 9.91. The summed E-state index contributed by atoms with van der Waals surface area (Å²) in [4.78, 5) is 4.62. The van der Waals surface area contributed by atoms with Crippen LogP contribution in [0.3, 0.4) is 0 Å². The highest BCUT2D eigenvalue weighted by Gasteiger charge is 2.01. The smallest absolute Gasteiger partial charge is 0.118 e. The Hall–Kier alpha value is -2.61. The number of aryl methyl sites for hydroxylation is 3. The average molecular weight is 360 g/mol. The van der Waals surface area contributed by atoms with Crippen molar-refractivity contribution in [2.24, 2.45) is 0 Å². The molecule has 3 rings (SSSR count). The molecule has 0 fully saturated rings. The van der Waals surface area contributed by atoms with Crippen LogP contribution in [0.1, 0.15) is 43.0 Å². The lowest BCUT2D eigenvalue weighted by Gasteiger charge is -2.07. The number of hydrogen-bond donors (Lipinski definition) is 0. The first kappa shape index (κ1) is 19.2. The molecule has 0 aliphatic carbocycles. The fourth-order valence-corrected chi connectivity index (χ4v) is 3.24. The Balaban J connectivity index is 1.53. The van der Waals surface area contributed by atoms with E-state index in [2.05, 4.69) is 60.4 Å². The number of methoxy groups -OCH3 is 1. The first-order chi connectivity index (χ1) is 13.3. The van der Waals surface area contributed by atoms with Crippen molar-refractivity contribution >= 4 is 0 Å². The van der Waals surface area contributed by atoms with Gasteiger partial charge in [0.1, 0.15) is 5.75 Å². The molecule has 1 heterocycles. The van der Waals surface area contributed by atoms with Crippen LogP contribution in [-0.4, -0.2) is 12.1 Å². The summed E-state index contributed by atoms with van der Waals surface area (Å²) >= 11 is 0. The lowest BCUT2D eigenvalue weighted by molar-refractivity contribution is 0.415. The molecule has 27 heavy (non-hydrogen) atoms. The van der Waals surface area contributed by atoms with E-state index in [0.29, 0.717) is 0 Å². The summed E-state index contributed by atoms with van der Waals surface area (Å²) in [5.41, 5.74) is 6.34. The van der Waals surface area contributed by atoms with E-state index < -0.39 is 0 Å². The van der Waals surface area contributed by atoms with Gasteiger partial charge in [-0.25, -0.2) is 0 Å². The zero-order chi connectivity index (χ0) is 18.9. The predicted molar refractivity (Wildman–Crippen MR) is 113 cm³/mol. The Kier molecular flexibility index (Phi) is 7.04. The molecule has 0 saturated carbocycles. The van der Waals surface area contributed by atoms with E-state index in [-0.39, 0.29) is 0 Å². The molecule has 0 unspecified atom stereocenters. The van der Waals surface area contributed by atoms with E-state index in [1.807, 2.05) is 18.3 Å². The van der Waals surface area contributed by atoms with Crippen molar-refractivity contribution in [1.82, 2.24) is 4.98 Å². The van der Waals surface area contributed by atoms with Crippen molar-refractivity contribution in [2.75, 3.05) is 7.11 Å². The maximum atomic E-state index is 5.22. The van der Waals surface area contributed by atoms with Gasteiger partial charge in [-0.05, 0) is 66.1 Å². The van der Waals surface area contributed by atoms with Crippen molar-refractivity contribution in [3.8, 4) is 16.9 Å². The molecular weight excluding hydrogens is 330 g/mol. The number of nitrogens with zero attached hydrogens (tertiary/aromatic N) is 1. The number of rotatable bonds is 9.